The van der Waals surface area contributed by atoms with E-state index in [1.807, 2.05) is 31.2 Å². The van der Waals surface area contributed by atoms with Crippen LogP contribution in [0.3, 0.4) is 0 Å². The second-order valence-corrected chi connectivity index (χ2v) is 4.88. The molecule has 2 aromatic rings. The first kappa shape index (κ1) is 14.4. The summed E-state index contributed by atoms with van der Waals surface area (Å²) in [6.45, 7) is 1.92. The van der Waals surface area contributed by atoms with Crippen LogP contribution in [0.1, 0.15) is 28.9 Å². The number of ether oxygens (including phenoxy) is 1. The number of methoxy groups -OCH3 is 1. The summed E-state index contributed by atoms with van der Waals surface area (Å²) >= 11 is 5.89. The Morgan fingerprint density at radius 3 is 2.65 bits per heavy atom. The summed E-state index contributed by atoms with van der Waals surface area (Å²) in [6, 6.07) is 14.3. The van der Waals surface area contributed by atoms with Crippen molar-refractivity contribution in [3.05, 3.63) is 64.7 Å². The fourth-order valence-corrected chi connectivity index (χ4v) is 2.20. The maximum Gasteiger partial charge on any atom is 0.251 e. The lowest BCUT2D eigenvalue weighted by Crippen LogP contribution is -2.26. The molecular formula is C16H16ClNO2. The Bertz CT molecular complexity index is 613. The number of hydrogen-bond acceptors (Lipinski definition) is 2. The molecule has 0 radical (unpaired) electrons. The van der Waals surface area contributed by atoms with Crippen LogP contribution in [0.2, 0.25) is 5.02 Å². The second kappa shape index (κ2) is 6.44. The molecule has 3 nitrogen and oxygen atoms in total. The van der Waals surface area contributed by atoms with E-state index in [-0.39, 0.29) is 11.9 Å². The molecule has 0 aliphatic rings. The fourth-order valence-electron chi connectivity index (χ4n) is 2.01. The van der Waals surface area contributed by atoms with Crippen LogP contribution in [0.4, 0.5) is 0 Å². The van der Waals surface area contributed by atoms with Gasteiger partial charge in [-0.1, -0.05) is 35.9 Å². The standard InChI is InChI=1S/C16H16ClNO2/c1-11(14-8-3-4-9-15(14)20-2)18-16(19)12-6-5-7-13(17)10-12/h3-11H,1-2H3,(H,18,19)/t11-/m0/s1. The molecule has 1 N–H and O–H groups in total. The summed E-state index contributed by atoms with van der Waals surface area (Å²) in [4.78, 5) is 12.2. The van der Waals surface area contributed by atoms with Crippen molar-refractivity contribution in [2.45, 2.75) is 13.0 Å². The van der Waals surface area contributed by atoms with Crippen LogP contribution in [0.25, 0.3) is 0 Å². The first-order valence-electron chi connectivity index (χ1n) is 6.31. The second-order valence-electron chi connectivity index (χ2n) is 4.45. The smallest absolute Gasteiger partial charge is 0.251 e. The Balaban J connectivity index is 2.15. The zero-order valence-electron chi connectivity index (χ0n) is 11.4. The Kier molecular flexibility index (Phi) is 4.64. The number of carbonyl (C=O) groups is 1. The van der Waals surface area contributed by atoms with Gasteiger partial charge in [-0.25, -0.2) is 0 Å². The molecule has 1 amide bonds. The number of para-hydroxylation sites is 1. The monoisotopic (exact) mass is 289 g/mol. The van der Waals surface area contributed by atoms with Gasteiger partial charge in [0.2, 0.25) is 0 Å². The van der Waals surface area contributed by atoms with Gasteiger partial charge in [-0.3, -0.25) is 4.79 Å². The molecule has 0 unspecified atom stereocenters. The van der Waals surface area contributed by atoms with Gasteiger partial charge in [0.15, 0.2) is 0 Å². The predicted molar refractivity (Wildman–Crippen MR) is 80.3 cm³/mol. The number of halogens is 1. The third-order valence-electron chi connectivity index (χ3n) is 3.04. The Labute approximate surface area is 123 Å². The van der Waals surface area contributed by atoms with Crippen molar-refractivity contribution in [3.8, 4) is 5.75 Å². The van der Waals surface area contributed by atoms with Crippen LogP contribution >= 0.6 is 11.6 Å². The lowest BCUT2D eigenvalue weighted by Gasteiger charge is -2.17. The van der Waals surface area contributed by atoms with E-state index in [2.05, 4.69) is 5.32 Å². The summed E-state index contributed by atoms with van der Waals surface area (Å²) in [7, 11) is 1.62. The van der Waals surface area contributed by atoms with Crippen molar-refractivity contribution in [2.75, 3.05) is 7.11 Å². The van der Waals surface area contributed by atoms with Gasteiger partial charge >= 0.3 is 0 Å². The van der Waals surface area contributed by atoms with Crippen molar-refractivity contribution in [1.82, 2.24) is 5.32 Å². The molecule has 104 valence electrons. The highest BCUT2D eigenvalue weighted by Gasteiger charge is 2.14. The van der Waals surface area contributed by atoms with Gasteiger partial charge in [0.1, 0.15) is 5.75 Å². The number of rotatable bonds is 4. The van der Waals surface area contributed by atoms with E-state index < -0.39 is 0 Å². The number of carbonyl (C=O) groups excluding carboxylic acids is 1. The predicted octanol–water partition coefficient (Wildman–Crippen LogP) is 3.84. The van der Waals surface area contributed by atoms with E-state index in [1.165, 1.54) is 0 Å². The first-order valence-corrected chi connectivity index (χ1v) is 6.69. The summed E-state index contributed by atoms with van der Waals surface area (Å²) in [5.74, 6) is 0.595. The molecular weight excluding hydrogens is 274 g/mol. The summed E-state index contributed by atoms with van der Waals surface area (Å²) < 4.78 is 5.30. The van der Waals surface area contributed by atoms with Crippen molar-refractivity contribution in [1.29, 1.82) is 0 Å². The van der Waals surface area contributed by atoms with E-state index >= 15 is 0 Å². The molecule has 0 spiro atoms. The fraction of sp³-hybridized carbons (Fsp3) is 0.188. The average molecular weight is 290 g/mol. The van der Waals surface area contributed by atoms with Crippen molar-refractivity contribution < 1.29 is 9.53 Å². The molecule has 2 rings (SSSR count). The highest BCUT2D eigenvalue weighted by Crippen LogP contribution is 2.24. The van der Waals surface area contributed by atoms with E-state index in [1.54, 1.807) is 31.4 Å². The highest BCUT2D eigenvalue weighted by molar-refractivity contribution is 6.30. The van der Waals surface area contributed by atoms with Crippen LogP contribution in [0, 0.1) is 0 Å². The lowest BCUT2D eigenvalue weighted by atomic mass is 10.1. The van der Waals surface area contributed by atoms with E-state index in [0.29, 0.717) is 10.6 Å². The van der Waals surface area contributed by atoms with Crippen LogP contribution in [0.5, 0.6) is 5.75 Å². The Morgan fingerprint density at radius 1 is 1.20 bits per heavy atom. The van der Waals surface area contributed by atoms with Crippen LogP contribution in [-0.4, -0.2) is 13.0 Å². The van der Waals surface area contributed by atoms with Crippen LogP contribution in [-0.2, 0) is 0 Å². The topological polar surface area (TPSA) is 38.3 Å². The van der Waals surface area contributed by atoms with Gasteiger partial charge in [-0.05, 0) is 31.2 Å². The van der Waals surface area contributed by atoms with E-state index in [9.17, 15) is 4.79 Å². The maximum absolute atomic E-state index is 12.2. The third kappa shape index (κ3) is 3.31. The molecule has 4 heteroatoms. The number of nitrogens with one attached hydrogen (secondary N) is 1. The maximum atomic E-state index is 12.2. The summed E-state index contributed by atoms with van der Waals surface area (Å²) in [5.41, 5.74) is 1.48. The van der Waals surface area contributed by atoms with E-state index in [4.69, 9.17) is 16.3 Å². The normalized spacial score (nSPS) is 11.8. The largest absolute Gasteiger partial charge is 0.496 e. The molecule has 0 aromatic heterocycles. The molecule has 0 heterocycles. The first-order chi connectivity index (χ1) is 9.61. The zero-order valence-corrected chi connectivity index (χ0v) is 12.1. The van der Waals surface area contributed by atoms with Gasteiger partial charge < -0.3 is 10.1 Å². The van der Waals surface area contributed by atoms with Crippen molar-refractivity contribution >= 4 is 17.5 Å². The number of amides is 1. The van der Waals surface area contributed by atoms with E-state index in [0.717, 1.165) is 11.3 Å². The number of benzene rings is 2. The zero-order chi connectivity index (χ0) is 14.5. The minimum atomic E-state index is -0.161. The molecule has 0 bridgehead atoms. The van der Waals surface area contributed by atoms with Gasteiger partial charge in [-0.15, -0.1) is 0 Å². The average Bonchev–Trinajstić information content (AvgIpc) is 2.47. The van der Waals surface area contributed by atoms with Gasteiger partial charge in [0.05, 0.1) is 13.2 Å². The summed E-state index contributed by atoms with van der Waals surface area (Å²) in [6.07, 6.45) is 0. The van der Waals surface area contributed by atoms with Crippen molar-refractivity contribution in [3.63, 3.8) is 0 Å². The van der Waals surface area contributed by atoms with Crippen LogP contribution in [0.15, 0.2) is 48.5 Å². The summed E-state index contributed by atoms with van der Waals surface area (Å²) in [5, 5.41) is 3.48. The molecule has 0 saturated heterocycles. The van der Waals surface area contributed by atoms with Crippen LogP contribution < -0.4 is 10.1 Å². The highest BCUT2D eigenvalue weighted by atomic mass is 35.5. The van der Waals surface area contributed by atoms with Gasteiger partial charge in [0.25, 0.3) is 5.91 Å². The molecule has 0 aliphatic carbocycles. The molecule has 0 aliphatic heterocycles. The lowest BCUT2D eigenvalue weighted by molar-refractivity contribution is 0.0939. The SMILES string of the molecule is COc1ccccc1[C@H](C)NC(=O)c1cccc(Cl)c1. The Morgan fingerprint density at radius 2 is 1.95 bits per heavy atom. The quantitative estimate of drug-likeness (QED) is 0.929. The van der Waals surface area contributed by atoms with Gasteiger partial charge in [-0.2, -0.15) is 0 Å². The molecule has 20 heavy (non-hydrogen) atoms. The molecule has 2 aromatic carbocycles. The molecule has 1 atom stereocenters. The Hall–Kier alpha value is -2.00. The van der Waals surface area contributed by atoms with Gasteiger partial charge in [0, 0.05) is 16.1 Å². The number of hydrogen-bond donors (Lipinski definition) is 1. The van der Waals surface area contributed by atoms with Crippen molar-refractivity contribution in [2.24, 2.45) is 0 Å². The minimum absolute atomic E-state index is 0.155. The minimum Gasteiger partial charge on any atom is -0.496 e. The molecule has 0 fully saturated rings. The molecule has 0 saturated carbocycles. The third-order valence-corrected chi connectivity index (χ3v) is 3.27.